The third kappa shape index (κ3) is 3.19. The van der Waals surface area contributed by atoms with Crippen molar-refractivity contribution in [3.8, 4) is 5.75 Å². The van der Waals surface area contributed by atoms with Crippen LogP contribution in [0.3, 0.4) is 0 Å². The van der Waals surface area contributed by atoms with Crippen molar-refractivity contribution in [2.45, 2.75) is 31.8 Å². The summed E-state index contributed by atoms with van der Waals surface area (Å²) in [5.74, 6) is 0.479. The van der Waals surface area contributed by atoms with Gasteiger partial charge in [-0.25, -0.2) is 0 Å². The lowest BCUT2D eigenvalue weighted by atomic mass is 9.90. The van der Waals surface area contributed by atoms with Crippen molar-refractivity contribution in [1.82, 2.24) is 0 Å². The van der Waals surface area contributed by atoms with Gasteiger partial charge in [-0.1, -0.05) is 12.1 Å². The molecule has 1 aromatic carbocycles. The number of esters is 1. The fourth-order valence-corrected chi connectivity index (χ4v) is 2.59. The van der Waals surface area contributed by atoms with Crippen molar-refractivity contribution in [3.05, 3.63) is 29.3 Å². The lowest BCUT2D eigenvalue weighted by molar-refractivity contribution is -0.146. The molecule has 0 radical (unpaired) electrons. The molecule has 1 saturated carbocycles. The van der Waals surface area contributed by atoms with Crippen molar-refractivity contribution in [2.75, 3.05) is 27.6 Å². The van der Waals surface area contributed by atoms with E-state index in [1.54, 1.807) is 14.2 Å². The molecule has 116 valence electrons. The van der Waals surface area contributed by atoms with Gasteiger partial charge in [0.15, 0.2) is 6.79 Å². The topological polar surface area (TPSA) is 54.0 Å². The van der Waals surface area contributed by atoms with Gasteiger partial charge < -0.3 is 18.9 Å². The van der Waals surface area contributed by atoms with Gasteiger partial charge in [0.05, 0.1) is 18.6 Å². The van der Waals surface area contributed by atoms with E-state index in [0.717, 1.165) is 24.0 Å². The smallest absolute Gasteiger partial charge is 0.316 e. The molecular formula is C16H22O5. The van der Waals surface area contributed by atoms with Gasteiger partial charge in [-0.05, 0) is 31.4 Å². The van der Waals surface area contributed by atoms with Crippen LogP contribution in [0.2, 0.25) is 0 Å². The highest BCUT2D eigenvalue weighted by atomic mass is 16.7. The van der Waals surface area contributed by atoms with Gasteiger partial charge in [0.25, 0.3) is 0 Å². The number of carbonyl (C=O) groups is 1. The Hall–Kier alpha value is -1.59. The molecular weight excluding hydrogens is 272 g/mol. The molecule has 0 atom stereocenters. The molecule has 0 heterocycles. The maximum atomic E-state index is 12.4. The third-order valence-corrected chi connectivity index (χ3v) is 3.64. The molecule has 0 amide bonds. The Balaban J connectivity index is 2.41. The fraction of sp³-hybridized carbons (Fsp3) is 0.562. The van der Waals surface area contributed by atoms with Gasteiger partial charge in [-0.15, -0.1) is 0 Å². The zero-order valence-corrected chi connectivity index (χ0v) is 12.8. The van der Waals surface area contributed by atoms with Crippen molar-refractivity contribution in [2.24, 2.45) is 0 Å². The molecule has 1 fully saturated rings. The minimum absolute atomic E-state index is 0.141. The highest BCUT2D eigenvalue weighted by molar-refractivity contribution is 5.88. The van der Waals surface area contributed by atoms with Gasteiger partial charge in [0.2, 0.25) is 0 Å². The summed E-state index contributed by atoms with van der Waals surface area (Å²) < 4.78 is 21.1. The van der Waals surface area contributed by atoms with Crippen molar-refractivity contribution in [1.29, 1.82) is 0 Å². The second kappa shape index (κ2) is 6.91. The number of methoxy groups -OCH3 is 2. The molecule has 0 N–H and O–H groups in total. The van der Waals surface area contributed by atoms with Crippen LogP contribution in [0.15, 0.2) is 18.2 Å². The van der Waals surface area contributed by atoms with Crippen molar-refractivity contribution in [3.63, 3.8) is 0 Å². The normalized spacial score (nSPS) is 15.6. The van der Waals surface area contributed by atoms with E-state index in [-0.39, 0.29) is 12.8 Å². The maximum Gasteiger partial charge on any atom is 0.316 e. The van der Waals surface area contributed by atoms with Crippen LogP contribution >= 0.6 is 0 Å². The zero-order valence-electron chi connectivity index (χ0n) is 12.8. The van der Waals surface area contributed by atoms with Crippen LogP contribution in [-0.2, 0) is 31.0 Å². The molecule has 0 saturated heterocycles. The molecule has 0 bridgehead atoms. The lowest BCUT2D eigenvalue weighted by Gasteiger charge is -2.21. The largest absolute Gasteiger partial charge is 0.467 e. The van der Waals surface area contributed by atoms with Crippen LogP contribution in [0.1, 0.15) is 30.9 Å². The summed E-state index contributed by atoms with van der Waals surface area (Å²) in [7, 11) is 3.20. The average molecular weight is 294 g/mol. The van der Waals surface area contributed by atoms with Crippen LogP contribution in [0, 0.1) is 0 Å². The molecule has 0 aliphatic heterocycles. The first-order valence-corrected chi connectivity index (χ1v) is 7.10. The van der Waals surface area contributed by atoms with Crippen molar-refractivity contribution < 1.29 is 23.7 Å². The molecule has 5 heteroatoms. The average Bonchev–Trinajstić information content (AvgIpc) is 3.27. The number of hydrogen-bond acceptors (Lipinski definition) is 5. The summed E-state index contributed by atoms with van der Waals surface area (Å²) in [5, 5.41) is 0. The summed E-state index contributed by atoms with van der Waals surface area (Å²) in [4.78, 5) is 12.4. The van der Waals surface area contributed by atoms with E-state index >= 15 is 0 Å². The van der Waals surface area contributed by atoms with Crippen LogP contribution in [0.4, 0.5) is 0 Å². The Bertz CT molecular complexity index is 493. The van der Waals surface area contributed by atoms with Gasteiger partial charge in [0.1, 0.15) is 5.75 Å². The van der Waals surface area contributed by atoms with Gasteiger partial charge >= 0.3 is 5.97 Å². The number of carbonyl (C=O) groups excluding carboxylic acids is 1. The first-order chi connectivity index (χ1) is 10.2. The molecule has 0 spiro atoms. The number of ether oxygens (including phenoxy) is 4. The third-order valence-electron chi connectivity index (χ3n) is 3.64. The maximum absolute atomic E-state index is 12.4. The fourth-order valence-electron chi connectivity index (χ4n) is 2.59. The molecule has 1 aromatic rings. The Morgan fingerprint density at radius 1 is 1.24 bits per heavy atom. The lowest BCUT2D eigenvalue weighted by Crippen LogP contribution is -2.25. The predicted molar refractivity (Wildman–Crippen MR) is 77.2 cm³/mol. The van der Waals surface area contributed by atoms with Crippen molar-refractivity contribution >= 4 is 5.97 Å². The SMILES string of the molecule is CCOC(=O)C1(c2c(COC)cccc2OCOC)CC1. The van der Waals surface area contributed by atoms with E-state index in [1.165, 1.54) is 0 Å². The summed E-state index contributed by atoms with van der Waals surface area (Å²) >= 11 is 0. The van der Waals surface area contributed by atoms with E-state index in [0.29, 0.717) is 19.0 Å². The Labute approximate surface area is 125 Å². The van der Waals surface area contributed by atoms with Crippen LogP contribution in [0.25, 0.3) is 0 Å². The number of hydrogen-bond donors (Lipinski definition) is 0. The molecule has 1 aliphatic rings. The minimum atomic E-state index is -0.589. The first kappa shape index (κ1) is 15.8. The van der Waals surface area contributed by atoms with E-state index in [4.69, 9.17) is 18.9 Å². The summed E-state index contributed by atoms with van der Waals surface area (Å²) in [6, 6.07) is 5.70. The Morgan fingerprint density at radius 2 is 2.00 bits per heavy atom. The number of benzene rings is 1. The van der Waals surface area contributed by atoms with Crippen LogP contribution in [0.5, 0.6) is 5.75 Å². The molecule has 1 aliphatic carbocycles. The quantitative estimate of drug-likeness (QED) is 0.544. The molecule has 2 rings (SSSR count). The predicted octanol–water partition coefficient (Wildman–Crippen LogP) is 2.41. The summed E-state index contributed by atoms with van der Waals surface area (Å²) in [6.45, 7) is 2.77. The van der Waals surface area contributed by atoms with E-state index < -0.39 is 5.41 Å². The first-order valence-electron chi connectivity index (χ1n) is 7.10. The highest BCUT2D eigenvalue weighted by Gasteiger charge is 2.55. The van der Waals surface area contributed by atoms with Crippen LogP contribution < -0.4 is 4.74 Å². The second-order valence-electron chi connectivity index (χ2n) is 5.08. The second-order valence-corrected chi connectivity index (χ2v) is 5.08. The molecule has 21 heavy (non-hydrogen) atoms. The van der Waals surface area contributed by atoms with Crippen LogP contribution in [-0.4, -0.2) is 33.6 Å². The van der Waals surface area contributed by atoms with Gasteiger partial charge in [0, 0.05) is 19.8 Å². The summed E-state index contributed by atoms with van der Waals surface area (Å²) in [6.07, 6.45) is 1.55. The Morgan fingerprint density at radius 3 is 2.57 bits per heavy atom. The highest BCUT2D eigenvalue weighted by Crippen LogP contribution is 2.53. The van der Waals surface area contributed by atoms with E-state index in [2.05, 4.69) is 0 Å². The summed E-state index contributed by atoms with van der Waals surface area (Å²) in [5.41, 5.74) is 1.24. The standard InChI is InChI=1S/C16H22O5/c1-4-20-15(17)16(8-9-16)14-12(10-18-2)6-5-7-13(14)21-11-19-3/h5-7H,4,8-11H2,1-3H3. The van der Waals surface area contributed by atoms with E-state index in [9.17, 15) is 4.79 Å². The van der Waals surface area contributed by atoms with E-state index in [1.807, 2.05) is 25.1 Å². The minimum Gasteiger partial charge on any atom is -0.467 e. The van der Waals surface area contributed by atoms with Gasteiger partial charge in [-0.2, -0.15) is 0 Å². The number of rotatable bonds is 8. The zero-order chi connectivity index (χ0) is 15.3. The van der Waals surface area contributed by atoms with Gasteiger partial charge in [-0.3, -0.25) is 4.79 Å². The molecule has 0 unspecified atom stereocenters. The molecule has 5 nitrogen and oxygen atoms in total. The monoisotopic (exact) mass is 294 g/mol. The Kier molecular flexibility index (Phi) is 5.20. The molecule has 0 aromatic heterocycles.